The second-order valence-electron chi connectivity index (χ2n) is 5.68. The van der Waals surface area contributed by atoms with Crippen molar-refractivity contribution in [1.82, 2.24) is 0 Å². The van der Waals surface area contributed by atoms with Crippen LogP contribution in [0.3, 0.4) is 0 Å². The Labute approximate surface area is 127 Å². The first-order valence-electron chi connectivity index (χ1n) is 7.48. The molecule has 1 unspecified atom stereocenters. The summed E-state index contributed by atoms with van der Waals surface area (Å²) in [5.41, 5.74) is 3.31. The third kappa shape index (κ3) is 4.99. The highest BCUT2D eigenvalue weighted by atomic mass is 14.9. The minimum absolute atomic E-state index is 0.318. The molecule has 0 aliphatic rings. The number of hydrogen-bond acceptors (Lipinski definition) is 2. The Morgan fingerprint density at radius 2 is 1.48 bits per heavy atom. The van der Waals surface area contributed by atoms with E-state index in [9.17, 15) is 0 Å². The molecule has 0 amide bonds. The van der Waals surface area contributed by atoms with Crippen molar-refractivity contribution in [2.75, 3.05) is 10.6 Å². The normalized spacial score (nSPS) is 12.0. The standard InChI is InChI=1S/C19H24N2/c1-4-16(14-15(2)3)20-18-10-12-19(13-11-18)21-17-8-6-5-7-9-17/h4-13,15-16,20-21H,1,14H2,2-3H3. The Kier molecular flexibility index (Phi) is 5.44. The van der Waals surface area contributed by atoms with E-state index in [0.717, 1.165) is 23.5 Å². The summed E-state index contributed by atoms with van der Waals surface area (Å²) in [7, 11) is 0. The van der Waals surface area contributed by atoms with Gasteiger partial charge in [-0.15, -0.1) is 6.58 Å². The maximum absolute atomic E-state index is 3.91. The fourth-order valence-electron chi connectivity index (χ4n) is 2.27. The number of nitrogens with one attached hydrogen (secondary N) is 2. The Balaban J connectivity index is 1.97. The first-order valence-corrected chi connectivity index (χ1v) is 7.48. The van der Waals surface area contributed by atoms with Crippen molar-refractivity contribution in [3.05, 3.63) is 67.3 Å². The number of anilines is 3. The van der Waals surface area contributed by atoms with Crippen LogP contribution in [0.2, 0.25) is 0 Å². The van der Waals surface area contributed by atoms with Crippen LogP contribution in [-0.2, 0) is 0 Å². The maximum Gasteiger partial charge on any atom is 0.0444 e. The van der Waals surface area contributed by atoms with Crippen molar-refractivity contribution in [2.24, 2.45) is 5.92 Å². The van der Waals surface area contributed by atoms with Crippen molar-refractivity contribution in [3.63, 3.8) is 0 Å². The van der Waals surface area contributed by atoms with E-state index in [4.69, 9.17) is 0 Å². The molecule has 2 rings (SSSR count). The summed E-state index contributed by atoms with van der Waals surface area (Å²) in [4.78, 5) is 0. The third-order valence-electron chi connectivity index (χ3n) is 3.31. The summed E-state index contributed by atoms with van der Waals surface area (Å²) in [5, 5.41) is 6.89. The topological polar surface area (TPSA) is 24.1 Å². The van der Waals surface area contributed by atoms with Gasteiger partial charge in [0.2, 0.25) is 0 Å². The molecule has 0 aliphatic carbocycles. The summed E-state index contributed by atoms with van der Waals surface area (Å²) < 4.78 is 0. The zero-order valence-corrected chi connectivity index (χ0v) is 12.8. The van der Waals surface area contributed by atoms with Gasteiger partial charge >= 0.3 is 0 Å². The monoisotopic (exact) mass is 280 g/mol. The number of para-hydroxylation sites is 1. The molecule has 21 heavy (non-hydrogen) atoms. The lowest BCUT2D eigenvalue weighted by Gasteiger charge is -2.18. The fourth-order valence-corrected chi connectivity index (χ4v) is 2.27. The van der Waals surface area contributed by atoms with E-state index in [1.807, 2.05) is 24.3 Å². The van der Waals surface area contributed by atoms with Crippen molar-refractivity contribution in [1.29, 1.82) is 0 Å². The molecule has 0 heterocycles. The molecule has 2 aromatic rings. The molecule has 0 aliphatic heterocycles. The van der Waals surface area contributed by atoms with Gasteiger partial charge in [-0.1, -0.05) is 38.1 Å². The van der Waals surface area contributed by atoms with Crippen LogP contribution in [0.1, 0.15) is 20.3 Å². The van der Waals surface area contributed by atoms with Gasteiger partial charge < -0.3 is 10.6 Å². The lowest BCUT2D eigenvalue weighted by molar-refractivity contribution is 0.564. The summed E-state index contributed by atoms with van der Waals surface area (Å²) in [6.45, 7) is 8.36. The first kappa shape index (κ1) is 15.2. The Morgan fingerprint density at radius 1 is 0.905 bits per heavy atom. The fraction of sp³-hybridized carbons (Fsp3) is 0.263. The SMILES string of the molecule is C=CC(CC(C)C)Nc1ccc(Nc2ccccc2)cc1. The van der Waals surface area contributed by atoms with E-state index < -0.39 is 0 Å². The van der Waals surface area contributed by atoms with Gasteiger partial charge in [0.15, 0.2) is 0 Å². The minimum Gasteiger partial charge on any atom is -0.379 e. The van der Waals surface area contributed by atoms with Crippen LogP contribution >= 0.6 is 0 Å². The number of hydrogen-bond donors (Lipinski definition) is 2. The smallest absolute Gasteiger partial charge is 0.0444 e. The molecule has 2 heteroatoms. The highest BCUT2D eigenvalue weighted by molar-refractivity contribution is 5.62. The zero-order chi connectivity index (χ0) is 15.1. The molecule has 0 saturated heterocycles. The summed E-state index contributed by atoms with van der Waals surface area (Å²) in [6, 6.07) is 18.9. The van der Waals surface area contributed by atoms with Crippen molar-refractivity contribution in [3.8, 4) is 0 Å². The molecule has 110 valence electrons. The summed E-state index contributed by atoms with van der Waals surface area (Å²) in [5.74, 6) is 0.652. The van der Waals surface area contributed by atoms with E-state index in [1.54, 1.807) is 0 Å². The molecule has 0 bridgehead atoms. The molecule has 2 nitrogen and oxygen atoms in total. The molecular formula is C19H24N2. The van der Waals surface area contributed by atoms with E-state index >= 15 is 0 Å². The van der Waals surface area contributed by atoms with Gasteiger partial charge in [-0.05, 0) is 48.7 Å². The predicted octanol–water partition coefficient (Wildman–Crippen LogP) is 5.44. The Morgan fingerprint density at radius 3 is 2.05 bits per heavy atom. The summed E-state index contributed by atoms with van der Waals surface area (Å²) in [6.07, 6.45) is 3.07. The maximum atomic E-state index is 3.91. The van der Waals surface area contributed by atoms with Gasteiger partial charge in [0.05, 0.1) is 0 Å². The molecule has 0 radical (unpaired) electrons. The first-order chi connectivity index (χ1) is 10.2. The van der Waals surface area contributed by atoms with Gasteiger partial charge in [0.25, 0.3) is 0 Å². The van der Waals surface area contributed by atoms with Crippen molar-refractivity contribution < 1.29 is 0 Å². The lowest BCUT2D eigenvalue weighted by Crippen LogP contribution is -2.18. The molecule has 0 fully saturated rings. The van der Waals surface area contributed by atoms with Crippen LogP contribution in [-0.4, -0.2) is 6.04 Å². The van der Waals surface area contributed by atoms with Gasteiger partial charge in [0.1, 0.15) is 0 Å². The third-order valence-corrected chi connectivity index (χ3v) is 3.31. The zero-order valence-electron chi connectivity index (χ0n) is 12.8. The predicted molar refractivity (Wildman–Crippen MR) is 93.2 cm³/mol. The largest absolute Gasteiger partial charge is 0.379 e. The highest BCUT2D eigenvalue weighted by Crippen LogP contribution is 2.20. The van der Waals surface area contributed by atoms with E-state index in [0.29, 0.717) is 12.0 Å². The van der Waals surface area contributed by atoms with Gasteiger partial charge in [-0.3, -0.25) is 0 Å². The van der Waals surface area contributed by atoms with Gasteiger partial charge in [0, 0.05) is 23.1 Å². The molecule has 2 aromatic carbocycles. The van der Waals surface area contributed by atoms with Crippen molar-refractivity contribution >= 4 is 17.1 Å². The van der Waals surface area contributed by atoms with E-state index in [2.05, 4.69) is 67.5 Å². The minimum atomic E-state index is 0.318. The quantitative estimate of drug-likeness (QED) is 0.660. The van der Waals surface area contributed by atoms with Crippen LogP contribution in [0.4, 0.5) is 17.1 Å². The highest BCUT2D eigenvalue weighted by Gasteiger charge is 2.06. The molecule has 0 aromatic heterocycles. The summed E-state index contributed by atoms with van der Waals surface area (Å²) >= 11 is 0. The number of benzene rings is 2. The van der Waals surface area contributed by atoms with Crippen molar-refractivity contribution in [2.45, 2.75) is 26.3 Å². The van der Waals surface area contributed by atoms with Crippen LogP contribution in [0.25, 0.3) is 0 Å². The molecule has 0 saturated carbocycles. The molecule has 1 atom stereocenters. The van der Waals surface area contributed by atoms with Crippen LogP contribution in [0, 0.1) is 5.92 Å². The lowest BCUT2D eigenvalue weighted by atomic mass is 10.0. The molecular weight excluding hydrogens is 256 g/mol. The molecule has 0 spiro atoms. The second-order valence-corrected chi connectivity index (χ2v) is 5.68. The van der Waals surface area contributed by atoms with Gasteiger partial charge in [-0.25, -0.2) is 0 Å². The van der Waals surface area contributed by atoms with E-state index in [1.165, 1.54) is 0 Å². The van der Waals surface area contributed by atoms with Crippen LogP contribution in [0.15, 0.2) is 67.3 Å². The van der Waals surface area contributed by atoms with E-state index in [-0.39, 0.29) is 0 Å². The van der Waals surface area contributed by atoms with Gasteiger partial charge in [-0.2, -0.15) is 0 Å². The average molecular weight is 280 g/mol. The molecule has 2 N–H and O–H groups in total. The van der Waals surface area contributed by atoms with Crippen LogP contribution in [0.5, 0.6) is 0 Å². The van der Waals surface area contributed by atoms with Crippen LogP contribution < -0.4 is 10.6 Å². The Bertz CT molecular complexity index is 544. The average Bonchev–Trinajstić information content (AvgIpc) is 2.49. The second kappa shape index (κ2) is 7.53. The number of rotatable bonds is 7. The Hall–Kier alpha value is -2.22.